The average molecular weight is 363 g/mol. The van der Waals surface area contributed by atoms with Crippen LogP contribution in [0.25, 0.3) is 11.4 Å². The van der Waals surface area contributed by atoms with Crippen molar-refractivity contribution in [2.75, 3.05) is 13.7 Å². The van der Waals surface area contributed by atoms with Gasteiger partial charge in [-0.25, -0.2) is 0 Å². The minimum Gasteiger partial charge on any atom is -0.497 e. The molecule has 0 N–H and O–H groups in total. The lowest BCUT2D eigenvalue weighted by Crippen LogP contribution is -2.31. The van der Waals surface area contributed by atoms with E-state index in [9.17, 15) is 9.59 Å². The SMILES string of the molecule is COc1cccc(-c2nnn(CCCN3C(=O)c4ccccc4C3=O)n2)c1. The molecule has 1 aromatic heterocycles. The molecule has 136 valence electrons. The molecule has 0 aliphatic carbocycles. The number of tetrazole rings is 1. The molecule has 0 bridgehead atoms. The smallest absolute Gasteiger partial charge is 0.261 e. The van der Waals surface area contributed by atoms with Gasteiger partial charge in [-0.2, -0.15) is 4.80 Å². The van der Waals surface area contributed by atoms with Crippen molar-refractivity contribution >= 4 is 11.8 Å². The fourth-order valence-electron chi connectivity index (χ4n) is 3.03. The van der Waals surface area contributed by atoms with E-state index in [0.717, 1.165) is 11.3 Å². The summed E-state index contributed by atoms with van der Waals surface area (Å²) in [6.45, 7) is 0.757. The number of hydrogen-bond acceptors (Lipinski definition) is 6. The first kappa shape index (κ1) is 16.9. The van der Waals surface area contributed by atoms with E-state index in [1.165, 1.54) is 9.70 Å². The molecule has 3 aromatic rings. The Morgan fingerprint density at radius 2 is 1.70 bits per heavy atom. The minimum atomic E-state index is -0.251. The van der Waals surface area contributed by atoms with Gasteiger partial charge in [0.15, 0.2) is 0 Å². The molecule has 0 atom stereocenters. The molecule has 0 spiro atoms. The molecule has 4 rings (SSSR count). The summed E-state index contributed by atoms with van der Waals surface area (Å²) in [5.41, 5.74) is 1.73. The average Bonchev–Trinajstić information content (AvgIpc) is 3.27. The number of aromatic nitrogens is 4. The topological polar surface area (TPSA) is 90.2 Å². The Kier molecular flexibility index (Phi) is 4.37. The second-order valence-electron chi connectivity index (χ2n) is 6.10. The highest BCUT2D eigenvalue weighted by atomic mass is 16.5. The van der Waals surface area contributed by atoms with Gasteiger partial charge in [-0.3, -0.25) is 14.5 Å². The first-order valence-electron chi connectivity index (χ1n) is 8.55. The van der Waals surface area contributed by atoms with Crippen LogP contribution < -0.4 is 4.74 Å². The van der Waals surface area contributed by atoms with Gasteiger partial charge >= 0.3 is 0 Å². The van der Waals surface area contributed by atoms with E-state index in [1.54, 1.807) is 31.4 Å². The number of imide groups is 1. The summed E-state index contributed by atoms with van der Waals surface area (Å²) in [6.07, 6.45) is 0.541. The lowest BCUT2D eigenvalue weighted by molar-refractivity contribution is 0.0649. The van der Waals surface area contributed by atoms with Crippen LogP contribution >= 0.6 is 0 Å². The zero-order chi connectivity index (χ0) is 18.8. The fourth-order valence-corrected chi connectivity index (χ4v) is 3.03. The van der Waals surface area contributed by atoms with Crippen molar-refractivity contribution in [3.63, 3.8) is 0 Å². The van der Waals surface area contributed by atoms with Gasteiger partial charge in [0, 0.05) is 12.1 Å². The highest BCUT2D eigenvalue weighted by Gasteiger charge is 2.34. The second kappa shape index (κ2) is 6.99. The maximum absolute atomic E-state index is 12.3. The third kappa shape index (κ3) is 3.17. The molecule has 8 heteroatoms. The molecule has 1 aliphatic rings. The summed E-state index contributed by atoms with van der Waals surface area (Å²) in [5, 5.41) is 12.4. The van der Waals surface area contributed by atoms with Gasteiger partial charge in [0.2, 0.25) is 5.82 Å². The summed E-state index contributed by atoms with van der Waals surface area (Å²) in [4.78, 5) is 27.4. The van der Waals surface area contributed by atoms with E-state index >= 15 is 0 Å². The van der Waals surface area contributed by atoms with Gasteiger partial charge in [0.05, 0.1) is 24.8 Å². The van der Waals surface area contributed by atoms with Crippen LogP contribution in [0.15, 0.2) is 48.5 Å². The van der Waals surface area contributed by atoms with Crippen molar-refractivity contribution in [2.45, 2.75) is 13.0 Å². The number of nitrogens with zero attached hydrogens (tertiary/aromatic N) is 5. The van der Waals surface area contributed by atoms with Gasteiger partial charge in [-0.15, -0.1) is 10.2 Å². The van der Waals surface area contributed by atoms with Crippen LogP contribution in [0.2, 0.25) is 0 Å². The zero-order valence-electron chi connectivity index (χ0n) is 14.7. The number of aryl methyl sites for hydroxylation is 1. The molecule has 27 heavy (non-hydrogen) atoms. The predicted molar refractivity (Wildman–Crippen MR) is 96.2 cm³/mol. The third-order valence-electron chi connectivity index (χ3n) is 4.40. The van der Waals surface area contributed by atoms with Crippen molar-refractivity contribution < 1.29 is 14.3 Å². The van der Waals surface area contributed by atoms with Crippen LogP contribution in [0.5, 0.6) is 5.75 Å². The molecule has 2 aromatic carbocycles. The Balaban J connectivity index is 1.39. The monoisotopic (exact) mass is 363 g/mol. The zero-order valence-corrected chi connectivity index (χ0v) is 14.7. The molecule has 0 saturated heterocycles. The first-order valence-corrected chi connectivity index (χ1v) is 8.55. The molecular formula is C19H17N5O3. The molecule has 0 fully saturated rings. The number of hydrogen-bond donors (Lipinski definition) is 0. The molecule has 2 amide bonds. The van der Waals surface area contributed by atoms with Crippen LogP contribution in [-0.4, -0.2) is 50.6 Å². The van der Waals surface area contributed by atoms with Crippen molar-refractivity contribution in [3.05, 3.63) is 59.7 Å². The Bertz CT molecular complexity index is 979. The summed E-state index contributed by atoms with van der Waals surface area (Å²) < 4.78 is 5.20. The number of fused-ring (bicyclic) bond motifs is 1. The Morgan fingerprint density at radius 3 is 2.41 bits per heavy atom. The molecular weight excluding hydrogens is 346 g/mol. The Hall–Kier alpha value is -3.55. The standard InChI is InChI=1S/C19H17N5O3/c1-27-14-7-4-6-13(12-14)17-20-22-24(21-17)11-5-10-23-18(25)15-8-2-3-9-16(15)19(23)26/h2-4,6-9,12H,5,10-11H2,1H3. The van der Waals surface area contributed by atoms with Crippen molar-refractivity contribution in [2.24, 2.45) is 0 Å². The second-order valence-corrected chi connectivity index (χ2v) is 6.10. The number of amides is 2. The molecule has 0 unspecified atom stereocenters. The van der Waals surface area contributed by atoms with Gasteiger partial charge in [-0.1, -0.05) is 24.3 Å². The Labute approximate surface area is 155 Å². The molecule has 8 nitrogen and oxygen atoms in total. The van der Waals surface area contributed by atoms with E-state index in [0.29, 0.717) is 36.5 Å². The van der Waals surface area contributed by atoms with Crippen LogP contribution in [0.3, 0.4) is 0 Å². The maximum Gasteiger partial charge on any atom is 0.261 e. The van der Waals surface area contributed by atoms with Crippen molar-refractivity contribution in [1.29, 1.82) is 0 Å². The van der Waals surface area contributed by atoms with Crippen LogP contribution in [0.4, 0.5) is 0 Å². The number of methoxy groups -OCH3 is 1. The quantitative estimate of drug-likeness (QED) is 0.623. The number of ether oxygens (including phenoxy) is 1. The fraction of sp³-hybridized carbons (Fsp3) is 0.211. The summed E-state index contributed by atoms with van der Waals surface area (Å²) in [7, 11) is 1.60. The van der Waals surface area contributed by atoms with E-state index in [2.05, 4.69) is 15.4 Å². The summed E-state index contributed by atoms with van der Waals surface area (Å²) in [5.74, 6) is 0.711. The van der Waals surface area contributed by atoms with Gasteiger partial charge in [0.25, 0.3) is 11.8 Å². The number of carbonyl (C=O) groups is 2. The maximum atomic E-state index is 12.3. The van der Waals surface area contributed by atoms with Gasteiger partial charge in [0.1, 0.15) is 5.75 Å². The third-order valence-corrected chi connectivity index (χ3v) is 4.40. The van der Waals surface area contributed by atoms with E-state index < -0.39 is 0 Å². The van der Waals surface area contributed by atoms with Gasteiger partial charge in [-0.05, 0) is 35.9 Å². The lowest BCUT2D eigenvalue weighted by Gasteiger charge is -2.12. The highest BCUT2D eigenvalue weighted by molar-refractivity contribution is 6.21. The summed E-state index contributed by atoms with van der Waals surface area (Å²) >= 11 is 0. The highest BCUT2D eigenvalue weighted by Crippen LogP contribution is 2.23. The first-order chi connectivity index (χ1) is 13.2. The molecule has 2 heterocycles. The minimum absolute atomic E-state index is 0.251. The van der Waals surface area contributed by atoms with Crippen LogP contribution in [0.1, 0.15) is 27.1 Å². The summed E-state index contributed by atoms with van der Waals surface area (Å²) in [6, 6.07) is 14.3. The largest absolute Gasteiger partial charge is 0.497 e. The van der Waals surface area contributed by atoms with Crippen molar-refractivity contribution in [1.82, 2.24) is 25.1 Å². The molecule has 1 aliphatic heterocycles. The molecule has 0 radical (unpaired) electrons. The van der Waals surface area contributed by atoms with E-state index in [-0.39, 0.29) is 11.8 Å². The van der Waals surface area contributed by atoms with Crippen LogP contribution in [0, 0.1) is 0 Å². The predicted octanol–water partition coefficient (Wildman–Crippen LogP) is 2.03. The van der Waals surface area contributed by atoms with E-state index in [1.807, 2.05) is 24.3 Å². The van der Waals surface area contributed by atoms with E-state index in [4.69, 9.17) is 4.74 Å². The van der Waals surface area contributed by atoms with Crippen molar-refractivity contribution in [3.8, 4) is 17.1 Å². The lowest BCUT2D eigenvalue weighted by atomic mass is 10.1. The Morgan fingerprint density at radius 1 is 0.963 bits per heavy atom. The number of carbonyl (C=O) groups excluding carboxylic acids is 2. The number of rotatable bonds is 6. The number of benzene rings is 2. The van der Waals surface area contributed by atoms with Crippen LogP contribution in [-0.2, 0) is 6.54 Å². The van der Waals surface area contributed by atoms with Gasteiger partial charge < -0.3 is 4.74 Å². The molecule has 0 saturated carbocycles. The normalized spacial score (nSPS) is 13.1.